The van der Waals surface area contributed by atoms with Gasteiger partial charge in [0.1, 0.15) is 0 Å². The van der Waals surface area contributed by atoms with Crippen molar-refractivity contribution >= 4 is 17.3 Å². The highest BCUT2D eigenvalue weighted by molar-refractivity contribution is 7.80. The third kappa shape index (κ3) is 4.80. The smallest absolute Gasteiger partial charge is 0.166 e. The van der Waals surface area contributed by atoms with Gasteiger partial charge in [0.05, 0.1) is 6.61 Å². The van der Waals surface area contributed by atoms with Crippen molar-refractivity contribution in [3.63, 3.8) is 0 Å². The van der Waals surface area contributed by atoms with Crippen LogP contribution in [0.3, 0.4) is 0 Å². The molecule has 0 spiro atoms. The van der Waals surface area contributed by atoms with Crippen LogP contribution in [0, 0.1) is 17.8 Å². The van der Waals surface area contributed by atoms with Gasteiger partial charge in [0, 0.05) is 12.6 Å². The Hall–Kier alpha value is -0.350. The van der Waals surface area contributed by atoms with Crippen LogP contribution in [0.1, 0.15) is 40.0 Å². The molecular formula is C13H26N2OS. The molecule has 0 aromatic rings. The van der Waals surface area contributed by atoms with Gasteiger partial charge in [-0.2, -0.15) is 0 Å². The van der Waals surface area contributed by atoms with Crippen LogP contribution in [0.15, 0.2) is 0 Å². The summed E-state index contributed by atoms with van der Waals surface area (Å²) in [5.74, 6) is 2.18. The zero-order valence-corrected chi connectivity index (χ0v) is 12.0. The minimum absolute atomic E-state index is 0.122. The van der Waals surface area contributed by atoms with Crippen molar-refractivity contribution < 1.29 is 5.11 Å². The van der Waals surface area contributed by atoms with Crippen LogP contribution in [0.25, 0.3) is 0 Å². The van der Waals surface area contributed by atoms with Gasteiger partial charge in [-0.25, -0.2) is 0 Å². The zero-order valence-electron chi connectivity index (χ0n) is 11.2. The van der Waals surface area contributed by atoms with Gasteiger partial charge in [0.2, 0.25) is 0 Å². The lowest BCUT2D eigenvalue weighted by Gasteiger charge is -2.38. The molecule has 1 aliphatic rings. The van der Waals surface area contributed by atoms with E-state index >= 15 is 0 Å². The fourth-order valence-electron chi connectivity index (χ4n) is 2.76. The number of hydrogen-bond acceptors (Lipinski definition) is 2. The molecule has 0 heterocycles. The van der Waals surface area contributed by atoms with E-state index in [0.717, 1.165) is 5.92 Å². The third-order valence-electron chi connectivity index (χ3n) is 3.74. The van der Waals surface area contributed by atoms with Crippen LogP contribution < -0.4 is 10.6 Å². The highest BCUT2D eigenvalue weighted by Gasteiger charge is 2.30. The lowest BCUT2D eigenvalue weighted by molar-refractivity contribution is 0.185. The molecule has 1 fully saturated rings. The number of hydrogen-bond donors (Lipinski definition) is 3. The van der Waals surface area contributed by atoms with Crippen molar-refractivity contribution in [3.05, 3.63) is 0 Å². The minimum atomic E-state index is 0.122. The van der Waals surface area contributed by atoms with Crippen molar-refractivity contribution in [1.29, 1.82) is 0 Å². The van der Waals surface area contributed by atoms with E-state index in [1.165, 1.54) is 19.3 Å². The molecule has 0 saturated heterocycles. The molecule has 0 bridgehead atoms. The van der Waals surface area contributed by atoms with E-state index in [4.69, 9.17) is 17.3 Å². The minimum Gasteiger partial charge on any atom is -0.395 e. The Bertz CT molecular complexity index is 246. The normalized spacial score (nSPS) is 29.1. The number of aliphatic hydroxyl groups is 1. The van der Waals surface area contributed by atoms with Crippen molar-refractivity contribution in [2.24, 2.45) is 17.8 Å². The predicted octanol–water partition coefficient (Wildman–Crippen LogP) is 1.90. The second-order valence-corrected chi connectivity index (χ2v) is 5.96. The van der Waals surface area contributed by atoms with E-state index in [1.807, 2.05) is 0 Å². The summed E-state index contributed by atoms with van der Waals surface area (Å²) < 4.78 is 0. The maximum Gasteiger partial charge on any atom is 0.166 e. The molecule has 0 unspecified atom stereocenters. The Morgan fingerprint density at radius 2 is 2.12 bits per heavy atom. The Morgan fingerprint density at radius 3 is 2.71 bits per heavy atom. The summed E-state index contributed by atoms with van der Waals surface area (Å²) >= 11 is 5.25. The van der Waals surface area contributed by atoms with E-state index in [1.54, 1.807) is 0 Å². The molecule has 1 saturated carbocycles. The molecule has 0 aromatic carbocycles. The van der Waals surface area contributed by atoms with Crippen LogP contribution >= 0.6 is 12.2 Å². The van der Waals surface area contributed by atoms with Crippen LogP contribution in [-0.2, 0) is 0 Å². The number of nitrogens with one attached hydrogen (secondary N) is 2. The second kappa shape index (κ2) is 7.17. The van der Waals surface area contributed by atoms with Crippen molar-refractivity contribution in [2.75, 3.05) is 13.2 Å². The van der Waals surface area contributed by atoms with E-state index in [9.17, 15) is 0 Å². The first-order chi connectivity index (χ1) is 8.04. The summed E-state index contributed by atoms with van der Waals surface area (Å²) in [5.41, 5.74) is 0. The predicted molar refractivity (Wildman–Crippen MR) is 76.0 cm³/mol. The van der Waals surface area contributed by atoms with Gasteiger partial charge in [-0.1, -0.05) is 27.2 Å². The van der Waals surface area contributed by atoms with Gasteiger partial charge in [-0.3, -0.25) is 0 Å². The summed E-state index contributed by atoms with van der Waals surface area (Å²) in [6.07, 6.45) is 3.82. The van der Waals surface area contributed by atoms with E-state index in [0.29, 0.717) is 29.5 Å². The summed E-state index contributed by atoms with van der Waals surface area (Å²) in [4.78, 5) is 0. The molecule has 1 rings (SSSR count). The fourth-order valence-corrected chi connectivity index (χ4v) is 3.01. The average Bonchev–Trinajstić information content (AvgIpc) is 2.26. The number of thiocarbonyl (C=S) groups is 1. The molecule has 100 valence electrons. The standard InChI is InChI=1S/C13H26N2OS/c1-9(2)11-5-4-10(3)8-12(11)15-13(17)14-6-7-16/h9-12,16H,4-8H2,1-3H3,(H2,14,15,17)/t10-,11+,12-/m1/s1. The lowest BCUT2D eigenvalue weighted by Crippen LogP contribution is -2.49. The SMILES string of the molecule is CC(C)[C@@H]1CC[C@@H](C)C[C@H]1NC(=S)NCCO. The first kappa shape index (κ1) is 14.7. The van der Waals surface area contributed by atoms with Crippen LogP contribution in [0.5, 0.6) is 0 Å². The van der Waals surface area contributed by atoms with Gasteiger partial charge in [0.25, 0.3) is 0 Å². The zero-order chi connectivity index (χ0) is 12.8. The molecule has 3 nitrogen and oxygen atoms in total. The first-order valence-corrected chi connectivity index (χ1v) is 7.10. The highest BCUT2D eigenvalue weighted by atomic mass is 32.1. The molecule has 3 atom stereocenters. The van der Waals surface area contributed by atoms with Gasteiger partial charge in [-0.05, 0) is 42.8 Å². The van der Waals surface area contributed by atoms with Crippen LogP contribution in [0.4, 0.5) is 0 Å². The Labute approximate surface area is 110 Å². The quantitative estimate of drug-likeness (QED) is 0.674. The Balaban J connectivity index is 2.48. The van der Waals surface area contributed by atoms with Gasteiger partial charge >= 0.3 is 0 Å². The topological polar surface area (TPSA) is 44.3 Å². The van der Waals surface area contributed by atoms with Crippen molar-refractivity contribution in [1.82, 2.24) is 10.6 Å². The maximum absolute atomic E-state index is 8.75. The molecule has 0 amide bonds. The molecule has 0 aromatic heterocycles. The first-order valence-electron chi connectivity index (χ1n) is 6.69. The summed E-state index contributed by atoms with van der Waals surface area (Å²) in [7, 11) is 0. The molecule has 1 aliphatic carbocycles. The van der Waals surface area contributed by atoms with E-state index in [-0.39, 0.29) is 6.61 Å². The van der Waals surface area contributed by atoms with Gasteiger partial charge in [0.15, 0.2) is 5.11 Å². The van der Waals surface area contributed by atoms with Crippen LogP contribution in [0.2, 0.25) is 0 Å². The molecular weight excluding hydrogens is 232 g/mol. The molecule has 4 heteroatoms. The molecule has 0 radical (unpaired) electrons. The molecule has 3 N–H and O–H groups in total. The van der Waals surface area contributed by atoms with E-state index in [2.05, 4.69) is 31.4 Å². The second-order valence-electron chi connectivity index (χ2n) is 5.56. The van der Waals surface area contributed by atoms with Crippen molar-refractivity contribution in [2.45, 2.75) is 46.1 Å². The Kier molecular flexibility index (Phi) is 6.20. The molecule has 17 heavy (non-hydrogen) atoms. The third-order valence-corrected chi connectivity index (χ3v) is 4.00. The van der Waals surface area contributed by atoms with Crippen molar-refractivity contribution in [3.8, 4) is 0 Å². The van der Waals surface area contributed by atoms with Gasteiger partial charge < -0.3 is 15.7 Å². The number of aliphatic hydroxyl groups excluding tert-OH is 1. The summed E-state index contributed by atoms with van der Waals surface area (Å²) in [6.45, 7) is 7.55. The summed E-state index contributed by atoms with van der Waals surface area (Å²) in [6, 6.07) is 0.484. The number of rotatable bonds is 4. The highest BCUT2D eigenvalue weighted by Crippen LogP contribution is 2.33. The maximum atomic E-state index is 8.75. The monoisotopic (exact) mass is 258 g/mol. The van der Waals surface area contributed by atoms with E-state index < -0.39 is 0 Å². The lowest BCUT2D eigenvalue weighted by atomic mass is 9.74. The molecule has 0 aliphatic heterocycles. The Morgan fingerprint density at radius 1 is 1.41 bits per heavy atom. The fraction of sp³-hybridized carbons (Fsp3) is 0.923. The largest absolute Gasteiger partial charge is 0.395 e. The van der Waals surface area contributed by atoms with Gasteiger partial charge in [-0.15, -0.1) is 0 Å². The van der Waals surface area contributed by atoms with Crippen LogP contribution in [-0.4, -0.2) is 29.4 Å². The average molecular weight is 258 g/mol. The summed E-state index contributed by atoms with van der Waals surface area (Å²) in [5, 5.41) is 15.9.